The quantitative estimate of drug-likeness (QED) is 0.689. The van der Waals surface area contributed by atoms with E-state index in [2.05, 4.69) is 31.3 Å². The average molecular weight is 284 g/mol. The highest BCUT2D eigenvalue weighted by Crippen LogP contribution is 2.26. The highest BCUT2D eigenvalue weighted by atomic mass is 35.5. The summed E-state index contributed by atoms with van der Waals surface area (Å²) in [6.45, 7) is 10.0. The second-order valence-corrected chi connectivity index (χ2v) is 5.66. The van der Waals surface area contributed by atoms with Crippen LogP contribution in [0.4, 0.5) is 0 Å². The molecule has 0 heterocycles. The molecule has 0 saturated heterocycles. The average Bonchev–Trinajstić information content (AvgIpc) is 2.37. The molecule has 19 heavy (non-hydrogen) atoms. The summed E-state index contributed by atoms with van der Waals surface area (Å²) >= 11 is 6.30. The van der Waals surface area contributed by atoms with Crippen LogP contribution in [0, 0.1) is 5.92 Å². The fraction of sp³-hybridized carbons (Fsp3) is 0.625. The lowest BCUT2D eigenvalue weighted by Crippen LogP contribution is -2.26. The second kappa shape index (κ2) is 9.35. The molecular formula is C16H26ClNO. The van der Waals surface area contributed by atoms with Gasteiger partial charge in [-0.25, -0.2) is 0 Å². The summed E-state index contributed by atoms with van der Waals surface area (Å²) in [7, 11) is 0. The molecule has 3 heteroatoms. The Morgan fingerprint density at radius 2 is 1.95 bits per heavy atom. The molecule has 1 aromatic carbocycles. The smallest absolute Gasteiger partial charge is 0.0472 e. The molecule has 2 nitrogen and oxygen atoms in total. The van der Waals surface area contributed by atoms with Crippen molar-refractivity contribution < 1.29 is 4.74 Å². The fourth-order valence-electron chi connectivity index (χ4n) is 2.09. The zero-order chi connectivity index (χ0) is 14.1. The Hall–Kier alpha value is -0.570. The van der Waals surface area contributed by atoms with Crippen LogP contribution >= 0.6 is 11.6 Å². The molecule has 0 aliphatic rings. The van der Waals surface area contributed by atoms with Crippen LogP contribution in [0.25, 0.3) is 0 Å². The SMILES string of the molecule is CCOCCC(CNCC(C)C)c1ccccc1Cl. The summed E-state index contributed by atoms with van der Waals surface area (Å²) in [4.78, 5) is 0. The second-order valence-electron chi connectivity index (χ2n) is 5.26. The third kappa shape index (κ3) is 6.42. The molecule has 0 aliphatic heterocycles. The molecule has 1 rings (SSSR count). The van der Waals surface area contributed by atoms with Gasteiger partial charge in [0.25, 0.3) is 0 Å². The summed E-state index contributed by atoms with van der Waals surface area (Å²) < 4.78 is 5.48. The molecule has 0 fully saturated rings. The highest BCUT2D eigenvalue weighted by Gasteiger charge is 2.14. The Labute approximate surface area is 122 Å². The predicted molar refractivity (Wildman–Crippen MR) is 83.0 cm³/mol. The van der Waals surface area contributed by atoms with Gasteiger partial charge in [-0.05, 0) is 43.4 Å². The third-order valence-corrected chi connectivity index (χ3v) is 3.45. The Kier molecular flexibility index (Phi) is 8.11. The van der Waals surface area contributed by atoms with E-state index >= 15 is 0 Å². The van der Waals surface area contributed by atoms with Crippen LogP contribution in [0.1, 0.15) is 38.7 Å². The maximum Gasteiger partial charge on any atom is 0.0472 e. The van der Waals surface area contributed by atoms with Crippen LogP contribution in [0.5, 0.6) is 0 Å². The molecular weight excluding hydrogens is 258 g/mol. The minimum atomic E-state index is 0.416. The number of ether oxygens (including phenoxy) is 1. The zero-order valence-corrected chi connectivity index (χ0v) is 13.0. The normalized spacial score (nSPS) is 12.9. The van der Waals surface area contributed by atoms with E-state index in [9.17, 15) is 0 Å². The molecule has 0 bridgehead atoms. The van der Waals surface area contributed by atoms with E-state index in [0.29, 0.717) is 11.8 Å². The Bertz CT molecular complexity index is 354. The Balaban J connectivity index is 2.60. The number of benzene rings is 1. The van der Waals surface area contributed by atoms with Gasteiger partial charge in [0.1, 0.15) is 0 Å². The van der Waals surface area contributed by atoms with E-state index in [1.807, 2.05) is 19.1 Å². The molecule has 108 valence electrons. The van der Waals surface area contributed by atoms with Crippen LogP contribution in [0.2, 0.25) is 5.02 Å². The molecule has 1 aromatic rings. The van der Waals surface area contributed by atoms with Crippen LogP contribution < -0.4 is 5.32 Å². The van der Waals surface area contributed by atoms with Gasteiger partial charge >= 0.3 is 0 Å². The van der Waals surface area contributed by atoms with Gasteiger partial charge in [-0.15, -0.1) is 0 Å². The van der Waals surface area contributed by atoms with Crippen LogP contribution in [0.15, 0.2) is 24.3 Å². The van der Waals surface area contributed by atoms with Gasteiger partial charge in [-0.2, -0.15) is 0 Å². The van der Waals surface area contributed by atoms with E-state index in [1.165, 1.54) is 5.56 Å². The minimum Gasteiger partial charge on any atom is -0.382 e. The van der Waals surface area contributed by atoms with Crippen molar-refractivity contribution in [2.45, 2.75) is 33.1 Å². The van der Waals surface area contributed by atoms with Gasteiger partial charge in [0, 0.05) is 24.8 Å². The number of halogens is 1. The first kappa shape index (κ1) is 16.5. The maximum atomic E-state index is 6.30. The zero-order valence-electron chi connectivity index (χ0n) is 12.3. The summed E-state index contributed by atoms with van der Waals surface area (Å²) in [5, 5.41) is 4.38. The van der Waals surface area contributed by atoms with Crippen molar-refractivity contribution in [1.82, 2.24) is 5.32 Å². The predicted octanol–water partition coefficient (Wildman–Crippen LogP) is 4.10. The van der Waals surface area contributed by atoms with Gasteiger partial charge in [0.15, 0.2) is 0 Å². The topological polar surface area (TPSA) is 21.3 Å². The van der Waals surface area contributed by atoms with E-state index in [4.69, 9.17) is 16.3 Å². The third-order valence-electron chi connectivity index (χ3n) is 3.10. The van der Waals surface area contributed by atoms with Crippen molar-refractivity contribution in [3.63, 3.8) is 0 Å². The first-order chi connectivity index (χ1) is 9.15. The van der Waals surface area contributed by atoms with Crippen LogP contribution in [-0.2, 0) is 4.74 Å². The van der Waals surface area contributed by atoms with Crippen molar-refractivity contribution in [2.75, 3.05) is 26.3 Å². The van der Waals surface area contributed by atoms with Gasteiger partial charge in [-0.1, -0.05) is 43.6 Å². The summed E-state index contributed by atoms with van der Waals surface area (Å²) in [5.41, 5.74) is 1.22. The number of nitrogens with one attached hydrogen (secondary N) is 1. The summed E-state index contributed by atoms with van der Waals surface area (Å²) in [6.07, 6.45) is 1.00. The number of rotatable bonds is 9. The molecule has 0 aromatic heterocycles. The molecule has 0 saturated carbocycles. The molecule has 0 aliphatic carbocycles. The van der Waals surface area contributed by atoms with Gasteiger partial charge in [0.05, 0.1) is 0 Å². The van der Waals surface area contributed by atoms with E-state index in [-0.39, 0.29) is 0 Å². The molecule has 1 atom stereocenters. The van der Waals surface area contributed by atoms with Crippen molar-refractivity contribution >= 4 is 11.6 Å². The molecule has 0 spiro atoms. The van der Waals surface area contributed by atoms with E-state index in [0.717, 1.165) is 37.7 Å². The Morgan fingerprint density at radius 1 is 1.21 bits per heavy atom. The lowest BCUT2D eigenvalue weighted by Gasteiger charge is -2.20. The summed E-state index contributed by atoms with van der Waals surface area (Å²) in [6, 6.07) is 8.12. The largest absolute Gasteiger partial charge is 0.382 e. The standard InChI is InChI=1S/C16H26ClNO/c1-4-19-10-9-14(12-18-11-13(2)3)15-7-5-6-8-16(15)17/h5-8,13-14,18H,4,9-12H2,1-3H3. The fourth-order valence-corrected chi connectivity index (χ4v) is 2.38. The summed E-state index contributed by atoms with van der Waals surface area (Å²) in [5.74, 6) is 1.08. The monoisotopic (exact) mass is 283 g/mol. The lowest BCUT2D eigenvalue weighted by molar-refractivity contribution is 0.139. The van der Waals surface area contributed by atoms with Gasteiger partial charge < -0.3 is 10.1 Å². The van der Waals surface area contributed by atoms with Crippen LogP contribution in [0.3, 0.4) is 0 Å². The molecule has 1 N–H and O–H groups in total. The van der Waals surface area contributed by atoms with Crippen molar-refractivity contribution in [3.05, 3.63) is 34.9 Å². The first-order valence-electron chi connectivity index (χ1n) is 7.18. The van der Waals surface area contributed by atoms with E-state index in [1.54, 1.807) is 0 Å². The number of hydrogen-bond acceptors (Lipinski definition) is 2. The van der Waals surface area contributed by atoms with Crippen molar-refractivity contribution in [1.29, 1.82) is 0 Å². The Morgan fingerprint density at radius 3 is 2.58 bits per heavy atom. The van der Waals surface area contributed by atoms with E-state index < -0.39 is 0 Å². The minimum absolute atomic E-state index is 0.416. The van der Waals surface area contributed by atoms with Crippen molar-refractivity contribution in [2.24, 2.45) is 5.92 Å². The molecule has 0 amide bonds. The maximum absolute atomic E-state index is 6.30. The van der Waals surface area contributed by atoms with Gasteiger partial charge in [0.2, 0.25) is 0 Å². The van der Waals surface area contributed by atoms with Crippen LogP contribution in [-0.4, -0.2) is 26.3 Å². The lowest BCUT2D eigenvalue weighted by atomic mass is 9.95. The van der Waals surface area contributed by atoms with Gasteiger partial charge in [-0.3, -0.25) is 0 Å². The highest BCUT2D eigenvalue weighted by molar-refractivity contribution is 6.31. The molecule has 1 unspecified atom stereocenters. The molecule has 0 radical (unpaired) electrons. The first-order valence-corrected chi connectivity index (χ1v) is 7.55. The van der Waals surface area contributed by atoms with Crippen molar-refractivity contribution in [3.8, 4) is 0 Å². The number of hydrogen-bond donors (Lipinski definition) is 1.